The van der Waals surface area contributed by atoms with Gasteiger partial charge >= 0.3 is 0 Å². The van der Waals surface area contributed by atoms with Gasteiger partial charge in [0.15, 0.2) is 0 Å². The van der Waals surface area contributed by atoms with Crippen molar-refractivity contribution in [2.75, 3.05) is 57.6 Å². The molecule has 3 heterocycles. The monoisotopic (exact) mass is 499 g/mol. The van der Waals surface area contributed by atoms with Crippen LogP contribution in [0.15, 0.2) is 52.7 Å². The first-order valence-electron chi connectivity index (χ1n) is 11.3. The number of non-ortho nitro benzene ring substituents is 1. The molecule has 0 radical (unpaired) electrons. The van der Waals surface area contributed by atoms with Gasteiger partial charge in [-0.1, -0.05) is 11.3 Å². The van der Waals surface area contributed by atoms with Crippen molar-refractivity contribution in [2.24, 2.45) is 10.2 Å². The SMILES string of the molecule is O=[N+]([O-])c1ccc2nc(N=Nc3ccc(N(CCOCC4CO4)CCOCC4CO4)cc3)sc2c1. The molecule has 35 heavy (non-hydrogen) atoms. The molecule has 2 aromatic carbocycles. The lowest BCUT2D eigenvalue weighted by atomic mass is 10.2. The number of azo groups is 1. The molecule has 184 valence electrons. The van der Waals surface area contributed by atoms with Gasteiger partial charge < -0.3 is 23.8 Å². The lowest BCUT2D eigenvalue weighted by molar-refractivity contribution is -0.384. The number of hydrogen-bond acceptors (Lipinski definition) is 11. The maximum Gasteiger partial charge on any atom is 0.270 e. The molecule has 0 spiro atoms. The summed E-state index contributed by atoms with van der Waals surface area (Å²) in [6, 6.07) is 12.3. The van der Waals surface area contributed by atoms with E-state index < -0.39 is 4.92 Å². The number of aromatic nitrogens is 1. The highest BCUT2D eigenvalue weighted by Gasteiger charge is 2.23. The van der Waals surface area contributed by atoms with Crippen LogP contribution in [-0.2, 0) is 18.9 Å². The molecule has 0 amide bonds. The second-order valence-corrected chi connectivity index (χ2v) is 9.18. The van der Waals surface area contributed by atoms with Gasteiger partial charge in [-0.2, -0.15) is 0 Å². The summed E-state index contributed by atoms with van der Waals surface area (Å²) in [4.78, 5) is 17.1. The van der Waals surface area contributed by atoms with Crippen molar-refractivity contribution in [1.82, 2.24) is 4.98 Å². The number of thiazole rings is 1. The number of fused-ring (bicyclic) bond motifs is 1. The van der Waals surface area contributed by atoms with Gasteiger partial charge in [0.2, 0.25) is 5.13 Å². The molecule has 12 heteroatoms. The number of nitro benzene ring substituents is 1. The van der Waals surface area contributed by atoms with Gasteiger partial charge in [-0.25, -0.2) is 4.98 Å². The molecule has 1 aromatic heterocycles. The molecule has 0 bridgehead atoms. The predicted octanol–water partition coefficient (Wildman–Crippen LogP) is 4.26. The summed E-state index contributed by atoms with van der Waals surface area (Å²) in [5.74, 6) is 0. The predicted molar refractivity (Wildman–Crippen MR) is 130 cm³/mol. The van der Waals surface area contributed by atoms with E-state index in [-0.39, 0.29) is 17.9 Å². The minimum Gasteiger partial charge on any atom is -0.377 e. The molecule has 0 saturated carbocycles. The van der Waals surface area contributed by atoms with Gasteiger partial charge in [-0.05, 0) is 30.3 Å². The number of rotatable bonds is 14. The average molecular weight is 500 g/mol. The number of benzene rings is 2. The van der Waals surface area contributed by atoms with Crippen LogP contribution in [0.2, 0.25) is 0 Å². The molecule has 2 aliphatic rings. The van der Waals surface area contributed by atoms with Crippen LogP contribution in [0.5, 0.6) is 0 Å². The van der Waals surface area contributed by atoms with Crippen molar-refractivity contribution in [3.63, 3.8) is 0 Å². The summed E-state index contributed by atoms with van der Waals surface area (Å²) in [5, 5.41) is 19.9. The van der Waals surface area contributed by atoms with Crippen LogP contribution in [-0.4, -0.2) is 74.8 Å². The summed E-state index contributed by atoms with van der Waals surface area (Å²) in [7, 11) is 0. The molecule has 2 fully saturated rings. The Morgan fingerprint density at radius 3 is 2.29 bits per heavy atom. The zero-order valence-electron chi connectivity index (χ0n) is 18.9. The fraction of sp³-hybridized carbons (Fsp3) is 0.435. The van der Waals surface area contributed by atoms with Crippen LogP contribution >= 0.6 is 11.3 Å². The molecule has 0 aliphatic carbocycles. The van der Waals surface area contributed by atoms with Crippen LogP contribution in [0, 0.1) is 10.1 Å². The Morgan fingerprint density at radius 2 is 1.69 bits per heavy atom. The number of hydrogen-bond donors (Lipinski definition) is 0. The highest BCUT2D eigenvalue weighted by atomic mass is 32.1. The van der Waals surface area contributed by atoms with Crippen molar-refractivity contribution in [3.05, 3.63) is 52.6 Å². The normalized spacial score (nSPS) is 18.9. The van der Waals surface area contributed by atoms with Gasteiger partial charge in [0.1, 0.15) is 12.2 Å². The van der Waals surface area contributed by atoms with Crippen molar-refractivity contribution >= 4 is 43.7 Å². The molecular weight excluding hydrogens is 474 g/mol. The topological polar surface area (TPSA) is 128 Å². The molecule has 2 unspecified atom stereocenters. The third-order valence-corrected chi connectivity index (χ3v) is 6.36. The second-order valence-electron chi connectivity index (χ2n) is 8.17. The van der Waals surface area contributed by atoms with E-state index in [1.54, 1.807) is 6.07 Å². The van der Waals surface area contributed by atoms with Crippen LogP contribution in [0.4, 0.5) is 22.2 Å². The summed E-state index contributed by atoms with van der Waals surface area (Å²) in [6.07, 6.45) is 0.501. The van der Waals surface area contributed by atoms with Crippen molar-refractivity contribution in [1.29, 1.82) is 0 Å². The Labute approximate surface area is 205 Å². The highest BCUT2D eigenvalue weighted by molar-refractivity contribution is 7.21. The van der Waals surface area contributed by atoms with Gasteiger partial charge in [-0.15, -0.1) is 10.2 Å². The molecular formula is C23H25N5O6S. The standard InChI is InChI=1S/C23H25N5O6S/c29-28(30)18-5-6-21-22(11-18)35-23(24-21)26-25-16-1-3-17(4-2-16)27(7-9-31-12-19-14-33-19)8-10-32-13-20-15-34-20/h1-6,11,19-20H,7-10,12-15H2. The third-order valence-electron chi connectivity index (χ3n) is 5.46. The first-order chi connectivity index (χ1) is 17.1. The van der Waals surface area contributed by atoms with Crippen molar-refractivity contribution in [3.8, 4) is 0 Å². The maximum absolute atomic E-state index is 11.0. The smallest absolute Gasteiger partial charge is 0.270 e. The number of nitrogens with zero attached hydrogens (tertiary/aromatic N) is 5. The van der Waals surface area contributed by atoms with Gasteiger partial charge in [-0.3, -0.25) is 10.1 Å². The van der Waals surface area contributed by atoms with Crippen LogP contribution in [0.25, 0.3) is 10.2 Å². The van der Waals surface area contributed by atoms with E-state index in [0.717, 1.165) is 32.0 Å². The van der Waals surface area contributed by atoms with Gasteiger partial charge in [0.25, 0.3) is 5.69 Å². The fourth-order valence-corrected chi connectivity index (χ4v) is 4.19. The number of epoxide rings is 2. The lowest BCUT2D eigenvalue weighted by Gasteiger charge is -2.24. The summed E-state index contributed by atoms with van der Waals surface area (Å²) in [6.45, 7) is 5.49. The van der Waals surface area contributed by atoms with E-state index in [2.05, 4.69) is 20.1 Å². The molecule has 11 nitrogen and oxygen atoms in total. The summed E-state index contributed by atoms with van der Waals surface area (Å²) >= 11 is 1.26. The fourth-order valence-electron chi connectivity index (χ4n) is 3.37. The Morgan fingerprint density at radius 1 is 1.03 bits per heavy atom. The maximum atomic E-state index is 11.0. The quantitative estimate of drug-likeness (QED) is 0.106. The molecule has 5 rings (SSSR count). The zero-order chi connectivity index (χ0) is 24.0. The molecule has 3 aromatic rings. The van der Waals surface area contributed by atoms with Gasteiger partial charge in [0, 0.05) is 30.9 Å². The van der Waals surface area contributed by atoms with Crippen LogP contribution in [0.1, 0.15) is 0 Å². The van der Waals surface area contributed by atoms with Crippen LogP contribution in [0.3, 0.4) is 0 Å². The lowest BCUT2D eigenvalue weighted by Crippen LogP contribution is -2.31. The van der Waals surface area contributed by atoms with E-state index in [1.807, 2.05) is 24.3 Å². The minimum atomic E-state index is -0.424. The van der Waals surface area contributed by atoms with E-state index in [9.17, 15) is 10.1 Å². The summed E-state index contributed by atoms with van der Waals surface area (Å²) < 4.78 is 22.5. The zero-order valence-corrected chi connectivity index (χ0v) is 19.8. The first-order valence-corrected chi connectivity index (χ1v) is 12.2. The summed E-state index contributed by atoms with van der Waals surface area (Å²) in [5.41, 5.74) is 2.41. The number of nitro groups is 1. The molecule has 0 N–H and O–H groups in total. The first kappa shape index (κ1) is 23.7. The Hall–Kier alpha value is -3.03. The van der Waals surface area contributed by atoms with E-state index in [0.29, 0.717) is 47.5 Å². The molecule has 2 saturated heterocycles. The van der Waals surface area contributed by atoms with E-state index >= 15 is 0 Å². The number of ether oxygens (including phenoxy) is 4. The van der Waals surface area contributed by atoms with E-state index in [1.165, 1.54) is 23.5 Å². The second kappa shape index (κ2) is 11.1. The largest absolute Gasteiger partial charge is 0.377 e. The Kier molecular flexibility index (Phi) is 7.54. The van der Waals surface area contributed by atoms with Crippen molar-refractivity contribution < 1.29 is 23.9 Å². The highest BCUT2D eigenvalue weighted by Crippen LogP contribution is 2.32. The average Bonchev–Trinajstić information content (AvgIpc) is 3.80. The van der Waals surface area contributed by atoms with Gasteiger partial charge in [0.05, 0.1) is 60.5 Å². The van der Waals surface area contributed by atoms with Crippen molar-refractivity contribution in [2.45, 2.75) is 12.2 Å². The minimum absolute atomic E-state index is 0.0299. The third kappa shape index (κ3) is 6.99. The molecule has 2 aliphatic heterocycles. The molecule has 2 atom stereocenters. The Bertz CT molecular complexity index is 1160. The van der Waals surface area contributed by atoms with E-state index in [4.69, 9.17) is 18.9 Å². The van der Waals surface area contributed by atoms with Crippen LogP contribution < -0.4 is 4.90 Å². The Balaban J connectivity index is 1.19. The number of anilines is 1.